The fourth-order valence-corrected chi connectivity index (χ4v) is 0.447. The molecule has 0 atom stereocenters. The van der Waals surface area contributed by atoms with E-state index in [1.807, 2.05) is 0 Å². The third-order valence-corrected chi connectivity index (χ3v) is 0.671. The molecule has 8 heavy (non-hydrogen) atoms. The van der Waals surface area contributed by atoms with Crippen molar-refractivity contribution < 1.29 is 0 Å². The Labute approximate surface area is 75.7 Å². The van der Waals surface area contributed by atoms with Gasteiger partial charge in [-0.05, 0) is 27.1 Å². The van der Waals surface area contributed by atoms with Crippen molar-refractivity contribution in [1.82, 2.24) is 4.90 Å². The molecule has 0 bridgehead atoms. The van der Waals surface area contributed by atoms with Crippen molar-refractivity contribution in [2.45, 2.75) is 13.3 Å². The van der Waals surface area contributed by atoms with Gasteiger partial charge in [-0.3, -0.25) is 0 Å². The molecule has 0 saturated heterocycles. The quantitative estimate of drug-likeness (QED) is 0.494. The zero-order valence-electron chi connectivity index (χ0n) is 5.86. The van der Waals surface area contributed by atoms with Gasteiger partial charge in [0.25, 0.3) is 0 Å². The molecule has 0 saturated carbocycles. The molecule has 0 spiro atoms. The van der Waals surface area contributed by atoms with Gasteiger partial charge in [0.1, 0.15) is 0 Å². The van der Waals surface area contributed by atoms with Crippen molar-refractivity contribution in [2.24, 2.45) is 0 Å². The molecule has 0 aliphatic carbocycles. The number of nitrogens with zero attached hydrogens (tertiary/aromatic N) is 1. The zero-order valence-corrected chi connectivity index (χ0v) is 5.86. The normalized spacial score (nSPS) is 7.50. The summed E-state index contributed by atoms with van der Waals surface area (Å²) in [4.78, 5) is 2.18. The molecule has 0 unspecified atom stereocenters. The molecule has 0 amide bonds. The predicted molar refractivity (Wildman–Crippen MR) is 42.4 cm³/mol. The maximum atomic E-state index is 2.18. The number of rotatable bonds is 2. The minimum atomic E-state index is 0. The Kier molecular flexibility index (Phi) is 21.7. The molecule has 0 aromatic carbocycles. The fourth-order valence-electron chi connectivity index (χ4n) is 0.447. The summed E-state index contributed by atoms with van der Waals surface area (Å²) >= 11 is 0. The Morgan fingerprint density at radius 3 is 1.62 bits per heavy atom. The zero-order chi connectivity index (χ0) is 4.99. The summed E-state index contributed by atoms with van der Waals surface area (Å²) in [5.74, 6) is 0. The van der Waals surface area contributed by atoms with Crippen molar-refractivity contribution >= 4 is 29.6 Å². The number of hydrogen-bond acceptors (Lipinski definition) is 1. The van der Waals surface area contributed by atoms with E-state index < -0.39 is 0 Å². The van der Waals surface area contributed by atoms with Gasteiger partial charge < -0.3 is 4.90 Å². The van der Waals surface area contributed by atoms with Crippen LogP contribution >= 0.6 is 0 Å². The first-order chi connectivity index (χ1) is 2.77. The van der Waals surface area contributed by atoms with Crippen LogP contribution in [0.2, 0.25) is 0 Å². The van der Waals surface area contributed by atoms with Gasteiger partial charge in [-0.25, -0.2) is 0 Å². The van der Waals surface area contributed by atoms with E-state index in [0.717, 1.165) is 0 Å². The van der Waals surface area contributed by atoms with Crippen LogP contribution in [0.3, 0.4) is 0 Å². The van der Waals surface area contributed by atoms with Crippen LogP contribution in [0.4, 0.5) is 0 Å². The first-order valence-electron chi connectivity index (χ1n) is 2.42. The Morgan fingerprint density at radius 2 is 1.62 bits per heavy atom. The molecule has 2 heteroatoms. The molecule has 0 aromatic heterocycles. The van der Waals surface area contributed by atoms with Crippen LogP contribution in [0, 0.1) is 7.43 Å². The van der Waals surface area contributed by atoms with Gasteiger partial charge in [-0.1, -0.05) is 14.4 Å². The summed E-state index contributed by atoms with van der Waals surface area (Å²) in [5.41, 5.74) is 0. The molecule has 47 valence electrons. The average molecular weight is 126 g/mol. The molecule has 0 aliphatic rings. The summed E-state index contributed by atoms with van der Waals surface area (Å²) in [5, 5.41) is 0. The van der Waals surface area contributed by atoms with Gasteiger partial charge >= 0.3 is 29.6 Å². The predicted octanol–water partition coefficient (Wildman–Crippen LogP) is 0.760. The molecule has 0 aromatic rings. The Hall–Kier alpha value is 0.960. The van der Waals surface area contributed by atoms with Crippen LogP contribution in [-0.4, -0.2) is 55.1 Å². The second-order valence-electron chi connectivity index (χ2n) is 1.80. The Morgan fingerprint density at radius 1 is 1.25 bits per heavy atom. The summed E-state index contributed by atoms with van der Waals surface area (Å²) in [6.07, 6.45) is 1.26. The molecule has 0 fully saturated rings. The van der Waals surface area contributed by atoms with Crippen LogP contribution in [0.25, 0.3) is 0 Å². The molecule has 0 rings (SSSR count). The van der Waals surface area contributed by atoms with Crippen molar-refractivity contribution in [3.05, 3.63) is 7.43 Å². The van der Waals surface area contributed by atoms with Gasteiger partial charge in [0.15, 0.2) is 0 Å². The van der Waals surface area contributed by atoms with E-state index in [4.69, 9.17) is 0 Å². The summed E-state index contributed by atoms with van der Waals surface area (Å²) in [7, 11) is 4.17. The SMILES string of the molecule is CCCN(C)C.[CH3].[NaH]. The summed E-state index contributed by atoms with van der Waals surface area (Å²) in [6.45, 7) is 3.39. The molecule has 0 aliphatic heterocycles. The first kappa shape index (κ1) is 16.0. The maximum absolute atomic E-state index is 2.18. The van der Waals surface area contributed by atoms with Crippen molar-refractivity contribution in [1.29, 1.82) is 0 Å². The topological polar surface area (TPSA) is 3.24 Å². The van der Waals surface area contributed by atoms with Crippen LogP contribution in [0.15, 0.2) is 0 Å². The van der Waals surface area contributed by atoms with Gasteiger partial charge in [-0.2, -0.15) is 0 Å². The van der Waals surface area contributed by atoms with E-state index in [9.17, 15) is 0 Å². The van der Waals surface area contributed by atoms with Gasteiger partial charge in [0.05, 0.1) is 0 Å². The Balaban J connectivity index is -0.000000125. The van der Waals surface area contributed by atoms with Gasteiger partial charge in [0, 0.05) is 0 Å². The van der Waals surface area contributed by atoms with E-state index in [1.54, 1.807) is 0 Å². The van der Waals surface area contributed by atoms with E-state index in [0.29, 0.717) is 0 Å². The van der Waals surface area contributed by atoms with Crippen molar-refractivity contribution in [3.8, 4) is 0 Å². The second-order valence-corrected chi connectivity index (χ2v) is 1.80. The van der Waals surface area contributed by atoms with E-state index in [1.165, 1.54) is 13.0 Å². The average Bonchev–Trinajstić information content (AvgIpc) is 1.35. The van der Waals surface area contributed by atoms with Gasteiger partial charge in [0.2, 0.25) is 0 Å². The molecule has 0 heterocycles. The first-order valence-corrected chi connectivity index (χ1v) is 2.42. The third kappa shape index (κ3) is 15.8. The second kappa shape index (κ2) is 10.9. The van der Waals surface area contributed by atoms with E-state index >= 15 is 0 Å². The molecule has 1 radical (unpaired) electrons. The molecule has 0 N–H and O–H groups in total. The number of hydrogen-bond donors (Lipinski definition) is 0. The minimum absolute atomic E-state index is 0. The molecular formula is C6H17NNa. The van der Waals surface area contributed by atoms with Gasteiger partial charge in [-0.15, -0.1) is 0 Å². The summed E-state index contributed by atoms with van der Waals surface area (Å²) < 4.78 is 0. The van der Waals surface area contributed by atoms with Crippen LogP contribution in [0.5, 0.6) is 0 Å². The fraction of sp³-hybridized carbons (Fsp3) is 0.833. The Bertz CT molecular complexity index is 29.7. The third-order valence-electron chi connectivity index (χ3n) is 0.671. The van der Waals surface area contributed by atoms with Crippen LogP contribution in [-0.2, 0) is 0 Å². The van der Waals surface area contributed by atoms with E-state index in [-0.39, 0.29) is 37.0 Å². The van der Waals surface area contributed by atoms with Crippen LogP contribution in [0.1, 0.15) is 13.3 Å². The van der Waals surface area contributed by atoms with Crippen LogP contribution < -0.4 is 0 Å². The van der Waals surface area contributed by atoms with E-state index in [2.05, 4.69) is 25.9 Å². The molecular weight excluding hydrogens is 109 g/mol. The monoisotopic (exact) mass is 126 g/mol. The summed E-state index contributed by atoms with van der Waals surface area (Å²) in [6, 6.07) is 0. The van der Waals surface area contributed by atoms with Crippen molar-refractivity contribution in [3.63, 3.8) is 0 Å². The standard InChI is InChI=1S/C5H13N.CH3.Na.H/c1-4-5-6(2)3;;;/h4-5H2,1-3H3;1H3;;. The van der Waals surface area contributed by atoms with Crippen molar-refractivity contribution in [2.75, 3.05) is 20.6 Å². The molecule has 1 nitrogen and oxygen atoms in total.